The van der Waals surface area contributed by atoms with Crippen molar-refractivity contribution in [3.8, 4) is 0 Å². The molecule has 0 radical (unpaired) electrons. The minimum atomic E-state index is -3.47. The summed E-state index contributed by atoms with van der Waals surface area (Å²) < 4.78 is 26.7. The van der Waals surface area contributed by atoms with Gasteiger partial charge < -0.3 is 5.43 Å². The second kappa shape index (κ2) is 5.03. The molecule has 0 spiro atoms. The molecular weight excluding hydrogens is 238 g/mol. The van der Waals surface area contributed by atoms with E-state index in [4.69, 9.17) is 5.84 Å². The molecule has 17 heavy (non-hydrogen) atoms. The third kappa shape index (κ3) is 3.69. The number of nitrogens with two attached hydrogens (primary N) is 1. The summed E-state index contributed by atoms with van der Waals surface area (Å²) in [6.07, 6.45) is 0.717. The monoisotopic (exact) mass is 257 g/mol. The van der Waals surface area contributed by atoms with Gasteiger partial charge in [0.2, 0.25) is 10.0 Å². The maximum atomic E-state index is 12.0. The zero-order valence-corrected chi connectivity index (χ0v) is 11.1. The molecule has 0 saturated carbocycles. The van der Waals surface area contributed by atoms with Crippen molar-refractivity contribution in [3.63, 3.8) is 0 Å². The van der Waals surface area contributed by atoms with E-state index < -0.39 is 15.6 Å². The summed E-state index contributed by atoms with van der Waals surface area (Å²) >= 11 is 0. The van der Waals surface area contributed by atoms with Crippen LogP contribution in [0.2, 0.25) is 0 Å². The van der Waals surface area contributed by atoms with Crippen LogP contribution in [-0.4, -0.2) is 14.0 Å². The third-order valence-corrected chi connectivity index (χ3v) is 4.34. The summed E-state index contributed by atoms with van der Waals surface area (Å²) in [5.74, 6) is 5.22. The highest BCUT2D eigenvalue weighted by Crippen LogP contribution is 2.17. The van der Waals surface area contributed by atoms with Crippen LogP contribution in [0.5, 0.6) is 0 Å². The first-order valence-electron chi connectivity index (χ1n) is 5.41. The van der Waals surface area contributed by atoms with Gasteiger partial charge in [0.05, 0.1) is 4.90 Å². The van der Waals surface area contributed by atoms with E-state index in [1.807, 2.05) is 20.8 Å². The van der Waals surface area contributed by atoms with E-state index >= 15 is 0 Å². The highest BCUT2D eigenvalue weighted by molar-refractivity contribution is 7.89. The molecule has 0 bridgehead atoms. The number of hydrazine groups is 1. The fraction of sp³-hybridized carbons (Fsp3) is 0.455. The molecule has 0 fully saturated rings. The molecule has 0 unspecified atom stereocenters. The number of anilines is 1. The normalized spacial score (nSPS) is 12.5. The van der Waals surface area contributed by atoms with Crippen LogP contribution >= 0.6 is 0 Å². The fourth-order valence-corrected chi connectivity index (χ4v) is 2.71. The lowest BCUT2D eigenvalue weighted by atomic mass is 10.0. The lowest BCUT2D eigenvalue weighted by molar-refractivity contribution is 0.439. The largest absolute Gasteiger partial charge is 0.324 e. The fourth-order valence-electron chi connectivity index (χ4n) is 1.23. The first-order valence-corrected chi connectivity index (χ1v) is 6.90. The molecule has 0 aromatic heterocycles. The third-order valence-electron chi connectivity index (χ3n) is 2.63. The minimum Gasteiger partial charge on any atom is -0.324 e. The average Bonchev–Trinajstić information content (AvgIpc) is 2.28. The zero-order valence-electron chi connectivity index (χ0n) is 10.3. The van der Waals surface area contributed by atoms with Gasteiger partial charge in [-0.2, -0.15) is 0 Å². The van der Waals surface area contributed by atoms with Gasteiger partial charge in [-0.25, -0.2) is 13.1 Å². The van der Waals surface area contributed by atoms with Gasteiger partial charge in [0.1, 0.15) is 0 Å². The molecule has 4 N–H and O–H groups in total. The van der Waals surface area contributed by atoms with Crippen molar-refractivity contribution in [1.29, 1.82) is 0 Å². The van der Waals surface area contributed by atoms with E-state index in [0.29, 0.717) is 12.1 Å². The maximum Gasteiger partial charge on any atom is 0.241 e. The van der Waals surface area contributed by atoms with Crippen molar-refractivity contribution in [2.45, 2.75) is 37.6 Å². The van der Waals surface area contributed by atoms with E-state index in [-0.39, 0.29) is 4.90 Å². The number of hydrogen-bond donors (Lipinski definition) is 3. The summed E-state index contributed by atoms with van der Waals surface area (Å²) in [6.45, 7) is 5.63. The van der Waals surface area contributed by atoms with Crippen LogP contribution in [0.1, 0.15) is 27.2 Å². The first-order chi connectivity index (χ1) is 7.80. The van der Waals surface area contributed by atoms with E-state index in [1.165, 1.54) is 12.1 Å². The van der Waals surface area contributed by atoms with Crippen LogP contribution in [0, 0.1) is 0 Å². The van der Waals surface area contributed by atoms with Crippen LogP contribution in [-0.2, 0) is 10.0 Å². The summed E-state index contributed by atoms with van der Waals surface area (Å²) in [4.78, 5) is 0.234. The quantitative estimate of drug-likeness (QED) is 0.550. The maximum absolute atomic E-state index is 12.0. The van der Waals surface area contributed by atoms with Gasteiger partial charge in [-0.15, -0.1) is 0 Å². The van der Waals surface area contributed by atoms with Gasteiger partial charge in [0, 0.05) is 11.2 Å². The molecular formula is C11H19N3O2S. The molecule has 1 aromatic rings. The Hall–Kier alpha value is -1.11. The smallest absolute Gasteiger partial charge is 0.241 e. The van der Waals surface area contributed by atoms with Gasteiger partial charge in [-0.3, -0.25) is 5.84 Å². The van der Waals surface area contributed by atoms with Crippen LogP contribution < -0.4 is 16.0 Å². The van der Waals surface area contributed by atoms with Gasteiger partial charge in [-0.05, 0) is 44.5 Å². The molecule has 1 aromatic carbocycles. The lowest BCUT2D eigenvalue weighted by Crippen LogP contribution is -2.42. The van der Waals surface area contributed by atoms with Gasteiger partial charge in [-0.1, -0.05) is 6.92 Å². The number of nitrogens with one attached hydrogen (secondary N) is 2. The molecule has 0 atom stereocenters. The van der Waals surface area contributed by atoms with Crippen LogP contribution in [0.3, 0.4) is 0 Å². The Labute approximate surface area is 102 Å². The molecule has 0 saturated heterocycles. The molecule has 0 aliphatic carbocycles. The van der Waals surface area contributed by atoms with Gasteiger partial charge >= 0.3 is 0 Å². The molecule has 0 heterocycles. The van der Waals surface area contributed by atoms with Crippen molar-refractivity contribution >= 4 is 15.7 Å². The summed E-state index contributed by atoms with van der Waals surface area (Å²) in [5.41, 5.74) is 2.66. The van der Waals surface area contributed by atoms with E-state index in [9.17, 15) is 8.42 Å². The lowest BCUT2D eigenvalue weighted by Gasteiger charge is -2.24. The molecule has 5 nitrogen and oxygen atoms in total. The Morgan fingerprint density at radius 3 is 2.18 bits per heavy atom. The predicted octanol–water partition coefficient (Wildman–Crippen LogP) is 1.44. The second-order valence-corrected chi connectivity index (χ2v) is 6.19. The van der Waals surface area contributed by atoms with E-state index in [0.717, 1.165) is 0 Å². The molecule has 0 amide bonds. The minimum absolute atomic E-state index is 0.234. The van der Waals surface area contributed by atoms with E-state index in [1.54, 1.807) is 12.1 Å². The zero-order chi connectivity index (χ0) is 13.1. The van der Waals surface area contributed by atoms with Gasteiger partial charge in [0.15, 0.2) is 0 Å². The van der Waals surface area contributed by atoms with Crippen LogP contribution in [0.25, 0.3) is 0 Å². The standard InChI is InChI=1S/C11H19N3O2S/c1-4-11(2,3)14-17(15,16)10-7-5-9(13-12)6-8-10/h5-8,13-14H,4,12H2,1-3H3. The molecule has 0 aliphatic heterocycles. The van der Waals surface area contributed by atoms with Crippen molar-refractivity contribution in [2.75, 3.05) is 5.43 Å². The molecule has 0 aliphatic rings. The highest BCUT2D eigenvalue weighted by atomic mass is 32.2. The van der Waals surface area contributed by atoms with Crippen molar-refractivity contribution < 1.29 is 8.42 Å². The number of rotatable bonds is 5. The number of sulfonamides is 1. The van der Waals surface area contributed by atoms with Crippen LogP contribution in [0.4, 0.5) is 5.69 Å². The van der Waals surface area contributed by atoms with Crippen molar-refractivity contribution in [1.82, 2.24) is 4.72 Å². The van der Waals surface area contributed by atoms with Gasteiger partial charge in [0.25, 0.3) is 0 Å². The second-order valence-electron chi connectivity index (χ2n) is 4.51. The average molecular weight is 257 g/mol. The SMILES string of the molecule is CCC(C)(C)NS(=O)(=O)c1ccc(NN)cc1. The number of hydrogen-bond acceptors (Lipinski definition) is 4. The predicted molar refractivity (Wildman–Crippen MR) is 68.9 cm³/mol. The molecule has 1 rings (SSSR count). The summed E-state index contributed by atoms with van der Waals surface area (Å²) in [6, 6.07) is 6.27. The van der Waals surface area contributed by atoms with Crippen LogP contribution in [0.15, 0.2) is 29.2 Å². The Balaban J connectivity index is 2.97. The number of nitrogen functional groups attached to an aromatic ring is 1. The summed E-state index contributed by atoms with van der Waals surface area (Å²) in [7, 11) is -3.47. The molecule has 6 heteroatoms. The summed E-state index contributed by atoms with van der Waals surface area (Å²) in [5, 5.41) is 0. The van der Waals surface area contributed by atoms with E-state index in [2.05, 4.69) is 10.1 Å². The Bertz CT molecular complexity index is 466. The number of benzene rings is 1. The Morgan fingerprint density at radius 1 is 1.24 bits per heavy atom. The molecule has 96 valence electrons. The Morgan fingerprint density at radius 2 is 1.76 bits per heavy atom. The van der Waals surface area contributed by atoms with Crippen molar-refractivity contribution in [2.24, 2.45) is 5.84 Å². The Kier molecular flexibility index (Phi) is 4.13. The first kappa shape index (κ1) is 14.0. The topological polar surface area (TPSA) is 84.2 Å². The van der Waals surface area contributed by atoms with Crippen molar-refractivity contribution in [3.05, 3.63) is 24.3 Å². The highest BCUT2D eigenvalue weighted by Gasteiger charge is 2.24.